The predicted octanol–water partition coefficient (Wildman–Crippen LogP) is 3.18. The molecule has 1 amide bonds. The van der Waals surface area contributed by atoms with Crippen LogP contribution in [0.3, 0.4) is 0 Å². The Kier molecular flexibility index (Phi) is 3.63. The molecule has 6 heteroatoms. The summed E-state index contributed by atoms with van der Waals surface area (Å²) in [6.45, 7) is 5.45. The van der Waals surface area contributed by atoms with Crippen LogP contribution in [0.15, 0.2) is 18.2 Å². The number of ether oxygens (including phenoxy) is 1. The number of carbonyl (C=O) groups excluding carboxylic acids is 1. The lowest BCUT2D eigenvalue weighted by atomic mass is 9.88. The van der Waals surface area contributed by atoms with E-state index in [9.17, 15) is 18.7 Å². The third-order valence-electron chi connectivity index (χ3n) is 4.61. The van der Waals surface area contributed by atoms with E-state index >= 15 is 0 Å². The smallest absolute Gasteiger partial charge is 0.412 e. The molecule has 1 N–H and O–H groups in total. The third kappa shape index (κ3) is 3.04. The molecule has 4 nitrogen and oxygen atoms in total. The van der Waals surface area contributed by atoms with Crippen LogP contribution in [0.4, 0.5) is 13.6 Å². The van der Waals surface area contributed by atoms with Gasteiger partial charge in [-0.2, -0.15) is 0 Å². The Morgan fingerprint density at radius 2 is 1.91 bits per heavy atom. The zero-order valence-corrected chi connectivity index (χ0v) is 13.5. The van der Waals surface area contributed by atoms with Crippen molar-refractivity contribution in [2.75, 3.05) is 6.54 Å². The monoisotopic (exact) mass is 325 g/mol. The van der Waals surface area contributed by atoms with Crippen LogP contribution in [-0.4, -0.2) is 34.5 Å². The number of nitrogens with zero attached hydrogens (tertiary/aromatic N) is 1. The molecule has 1 aromatic carbocycles. The fourth-order valence-electron chi connectivity index (χ4n) is 3.47. The van der Waals surface area contributed by atoms with Crippen LogP contribution in [0, 0.1) is 17.6 Å². The molecule has 2 aliphatic rings. The minimum atomic E-state index is -0.927. The summed E-state index contributed by atoms with van der Waals surface area (Å²) in [6.07, 6.45) is -0.445. The maximum absolute atomic E-state index is 13.5. The van der Waals surface area contributed by atoms with Crippen LogP contribution in [-0.2, 0) is 10.2 Å². The highest BCUT2D eigenvalue weighted by Gasteiger charge is 2.61. The van der Waals surface area contributed by atoms with E-state index in [1.807, 2.05) is 0 Å². The van der Waals surface area contributed by atoms with E-state index in [1.165, 1.54) is 17.0 Å². The summed E-state index contributed by atoms with van der Waals surface area (Å²) in [7, 11) is 0. The maximum Gasteiger partial charge on any atom is 0.412 e. The molecule has 1 aliphatic carbocycles. The van der Waals surface area contributed by atoms with Gasteiger partial charge in [-0.25, -0.2) is 13.6 Å². The second-order valence-electron chi connectivity index (χ2n) is 7.54. The van der Waals surface area contributed by atoms with E-state index in [0.717, 1.165) is 6.07 Å². The molecule has 1 unspecified atom stereocenters. The highest BCUT2D eigenvalue weighted by molar-refractivity contribution is 5.69. The van der Waals surface area contributed by atoms with Gasteiger partial charge in [0.25, 0.3) is 0 Å². The fourth-order valence-corrected chi connectivity index (χ4v) is 3.47. The summed E-state index contributed by atoms with van der Waals surface area (Å²) in [5, 5.41) is 10.2. The first kappa shape index (κ1) is 16.2. The van der Waals surface area contributed by atoms with Crippen molar-refractivity contribution in [3.05, 3.63) is 35.4 Å². The first-order valence-corrected chi connectivity index (χ1v) is 7.75. The molecule has 0 radical (unpaired) electrons. The third-order valence-corrected chi connectivity index (χ3v) is 4.61. The summed E-state index contributed by atoms with van der Waals surface area (Å²) < 4.78 is 32.4. The van der Waals surface area contributed by atoms with E-state index in [2.05, 4.69) is 0 Å². The molecule has 3 rings (SSSR count). The van der Waals surface area contributed by atoms with Crippen molar-refractivity contribution in [1.29, 1.82) is 0 Å². The van der Waals surface area contributed by atoms with Crippen LogP contribution in [0.5, 0.6) is 0 Å². The van der Waals surface area contributed by atoms with Gasteiger partial charge in [-0.1, -0.05) is 0 Å². The Bertz CT molecular complexity index is 623. The predicted molar refractivity (Wildman–Crippen MR) is 79.7 cm³/mol. The normalized spacial score (nSPS) is 29.9. The van der Waals surface area contributed by atoms with Gasteiger partial charge >= 0.3 is 6.09 Å². The van der Waals surface area contributed by atoms with E-state index in [0.29, 0.717) is 18.4 Å². The van der Waals surface area contributed by atoms with Crippen molar-refractivity contribution in [3.8, 4) is 0 Å². The van der Waals surface area contributed by atoms with Gasteiger partial charge in [-0.15, -0.1) is 0 Å². The van der Waals surface area contributed by atoms with Gasteiger partial charge in [-0.3, -0.25) is 4.90 Å². The van der Waals surface area contributed by atoms with Crippen molar-refractivity contribution in [2.45, 2.75) is 50.9 Å². The molecule has 1 saturated carbocycles. The maximum atomic E-state index is 13.5. The molecule has 0 aromatic heterocycles. The second kappa shape index (κ2) is 5.16. The molecular weight excluding hydrogens is 304 g/mol. The highest BCUT2D eigenvalue weighted by atomic mass is 19.1. The molecule has 2 fully saturated rings. The van der Waals surface area contributed by atoms with E-state index in [4.69, 9.17) is 4.74 Å². The number of amides is 1. The van der Waals surface area contributed by atoms with Gasteiger partial charge in [0, 0.05) is 18.0 Å². The average molecular weight is 325 g/mol. The quantitative estimate of drug-likeness (QED) is 0.863. The first-order chi connectivity index (χ1) is 10.6. The summed E-state index contributed by atoms with van der Waals surface area (Å²) in [6, 6.07) is 3.46. The summed E-state index contributed by atoms with van der Waals surface area (Å²) in [5.41, 5.74) is -0.616. The molecular formula is C17H21F2NO3. The largest absolute Gasteiger partial charge is 0.444 e. The van der Waals surface area contributed by atoms with Crippen molar-refractivity contribution < 1.29 is 23.4 Å². The number of likely N-dealkylation sites (tertiary alicyclic amines) is 1. The zero-order chi connectivity index (χ0) is 17.0. The van der Waals surface area contributed by atoms with Crippen LogP contribution in [0.25, 0.3) is 0 Å². The Balaban J connectivity index is 1.85. The molecule has 3 atom stereocenters. The van der Waals surface area contributed by atoms with Gasteiger partial charge in [-0.05, 0) is 57.2 Å². The van der Waals surface area contributed by atoms with E-state index in [-0.39, 0.29) is 12.5 Å². The number of benzene rings is 1. The summed E-state index contributed by atoms with van der Waals surface area (Å²) in [5.74, 6) is -1.14. The molecule has 23 heavy (non-hydrogen) atoms. The number of halogens is 2. The molecule has 0 spiro atoms. The molecule has 1 aliphatic heterocycles. The van der Waals surface area contributed by atoms with Crippen molar-refractivity contribution in [3.63, 3.8) is 0 Å². The Labute approximate surface area is 134 Å². The van der Waals surface area contributed by atoms with Crippen LogP contribution in [0.2, 0.25) is 0 Å². The minimum Gasteiger partial charge on any atom is -0.444 e. The lowest BCUT2D eigenvalue weighted by Crippen LogP contribution is -2.50. The van der Waals surface area contributed by atoms with Gasteiger partial charge in [0.05, 0.1) is 0 Å². The molecule has 1 heterocycles. The van der Waals surface area contributed by atoms with Gasteiger partial charge in [0.2, 0.25) is 0 Å². The van der Waals surface area contributed by atoms with E-state index < -0.39 is 35.0 Å². The zero-order valence-electron chi connectivity index (χ0n) is 13.5. The first-order valence-electron chi connectivity index (χ1n) is 7.75. The number of rotatable bonds is 1. The molecule has 0 bridgehead atoms. The summed E-state index contributed by atoms with van der Waals surface area (Å²) in [4.78, 5) is 13.6. The van der Waals surface area contributed by atoms with Gasteiger partial charge in [0.15, 0.2) is 0 Å². The lowest BCUT2D eigenvalue weighted by molar-refractivity contribution is -0.0506. The van der Waals surface area contributed by atoms with Crippen LogP contribution >= 0.6 is 0 Å². The number of piperidine rings is 1. The topological polar surface area (TPSA) is 49.8 Å². The Morgan fingerprint density at radius 3 is 2.48 bits per heavy atom. The Morgan fingerprint density at radius 1 is 1.30 bits per heavy atom. The van der Waals surface area contributed by atoms with Crippen molar-refractivity contribution in [2.24, 2.45) is 5.92 Å². The number of aliphatic hydroxyl groups excluding tert-OH is 1. The number of aliphatic hydroxyl groups is 1. The van der Waals surface area contributed by atoms with Crippen molar-refractivity contribution in [1.82, 2.24) is 4.90 Å². The van der Waals surface area contributed by atoms with Crippen LogP contribution in [0.1, 0.15) is 39.2 Å². The number of carbonyl (C=O) groups is 1. The van der Waals surface area contributed by atoms with Gasteiger partial charge in [0.1, 0.15) is 23.5 Å². The average Bonchev–Trinajstić information content (AvgIpc) is 3.09. The standard InChI is InChI=1S/C17H21F2NO3/c1-16(2,3)23-15(22)20-9-17(8-11(17)6-14(20)21)10-4-12(18)7-13(19)5-10/h4-5,7,11,14,21H,6,8-9H2,1-3H3/t11-,14?,17-/m1/s1. The SMILES string of the molecule is CC(C)(C)OC(=O)N1C[C@@]2(c3cc(F)cc(F)c3)C[C@H]2CC1O. The molecule has 1 aromatic rings. The molecule has 1 saturated heterocycles. The fraction of sp³-hybridized carbons (Fsp3) is 0.588. The Hall–Kier alpha value is -1.69. The molecule has 126 valence electrons. The number of hydrogen-bond acceptors (Lipinski definition) is 3. The lowest BCUT2D eigenvalue weighted by Gasteiger charge is -2.37. The van der Waals surface area contributed by atoms with Gasteiger partial charge < -0.3 is 9.84 Å². The number of hydrogen-bond donors (Lipinski definition) is 1. The number of fused-ring (bicyclic) bond motifs is 1. The van der Waals surface area contributed by atoms with Crippen LogP contribution < -0.4 is 0 Å². The summed E-state index contributed by atoms with van der Waals surface area (Å²) >= 11 is 0. The highest BCUT2D eigenvalue weighted by Crippen LogP contribution is 2.59. The second-order valence-corrected chi connectivity index (χ2v) is 7.54. The van der Waals surface area contributed by atoms with E-state index in [1.54, 1.807) is 20.8 Å². The minimum absolute atomic E-state index is 0.123. The van der Waals surface area contributed by atoms with Crippen molar-refractivity contribution >= 4 is 6.09 Å².